The topological polar surface area (TPSA) is 125 Å². The zero-order valence-electron chi connectivity index (χ0n) is 16.0. The lowest BCUT2D eigenvalue weighted by Crippen LogP contribution is -2.30. The molecule has 3 rings (SSSR count). The first kappa shape index (κ1) is 22.7. The zero-order valence-corrected chi connectivity index (χ0v) is 16.8. The van der Waals surface area contributed by atoms with Gasteiger partial charge >= 0.3 is 5.97 Å². The number of aromatic nitrogens is 1. The van der Waals surface area contributed by atoms with Gasteiger partial charge in [0.15, 0.2) is 0 Å². The summed E-state index contributed by atoms with van der Waals surface area (Å²) in [5.41, 5.74) is -0.562. The van der Waals surface area contributed by atoms with E-state index in [-0.39, 0.29) is 4.90 Å². The Hall–Kier alpha value is -3.93. The summed E-state index contributed by atoms with van der Waals surface area (Å²) in [6.45, 7) is -0.853. The summed E-state index contributed by atoms with van der Waals surface area (Å²) in [5, 5.41) is 10.3. The molecule has 0 aliphatic heterocycles. The first-order valence-corrected chi connectivity index (χ1v) is 10.3. The fourth-order valence-corrected chi connectivity index (χ4v) is 3.76. The highest BCUT2D eigenvalue weighted by molar-refractivity contribution is 7.92. The monoisotopic (exact) mass is 465 g/mol. The number of carboxylic acids is 1. The van der Waals surface area contributed by atoms with Crippen molar-refractivity contribution in [3.05, 3.63) is 77.9 Å². The van der Waals surface area contributed by atoms with Gasteiger partial charge in [-0.25, -0.2) is 22.2 Å². The van der Waals surface area contributed by atoms with Gasteiger partial charge in [-0.2, -0.15) is 4.39 Å². The molecule has 8 nitrogen and oxygen atoms in total. The summed E-state index contributed by atoms with van der Waals surface area (Å²) in [6, 6.07) is 9.15. The molecule has 0 bridgehead atoms. The average Bonchev–Trinajstić information content (AvgIpc) is 2.71. The molecule has 0 fully saturated rings. The SMILES string of the molecule is O=C(O)CNC(=O)c1c(F)cc(NS(=O)(=O)c2ccc(-c3ccnc(F)c3)cc2)cc1F. The summed E-state index contributed by atoms with van der Waals surface area (Å²) in [5.74, 6) is -6.20. The van der Waals surface area contributed by atoms with Gasteiger partial charge in [-0.1, -0.05) is 12.1 Å². The van der Waals surface area contributed by atoms with E-state index in [9.17, 15) is 31.2 Å². The zero-order chi connectivity index (χ0) is 23.5. The lowest BCUT2D eigenvalue weighted by atomic mass is 10.1. The molecule has 0 unspecified atom stereocenters. The number of halogens is 3. The number of nitrogens with one attached hydrogen (secondary N) is 2. The molecule has 0 saturated carbocycles. The molecular formula is C20H14F3N3O5S. The van der Waals surface area contributed by atoms with Gasteiger partial charge < -0.3 is 10.4 Å². The summed E-state index contributed by atoms with van der Waals surface area (Å²) >= 11 is 0. The van der Waals surface area contributed by atoms with Gasteiger partial charge in [-0.15, -0.1) is 0 Å². The van der Waals surface area contributed by atoms with Crippen LogP contribution in [0.2, 0.25) is 0 Å². The van der Waals surface area contributed by atoms with Crippen molar-refractivity contribution in [1.82, 2.24) is 10.3 Å². The van der Waals surface area contributed by atoms with Crippen LogP contribution in [0, 0.1) is 17.6 Å². The van der Waals surface area contributed by atoms with E-state index in [2.05, 4.69) is 4.98 Å². The summed E-state index contributed by atoms with van der Waals surface area (Å²) in [6.07, 6.45) is 1.26. The second kappa shape index (κ2) is 9.06. The number of nitrogens with zero attached hydrogens (tertiary/aromatic N) is 1. The Bertz CT molecular complexity index is 1280. The number of hydrogen-bond donors (Lipinski definition) is 3. The van der Waals surface area contributed by atoms with E-state index in [1.54, 1.807) is 0 Å². The molecule has 0 aliphatic rings. The number of carboxylic acid groups (broad SMARTS) is 1. The van der Waals surface area contributed by atoms with E-state index in [1.165, 1.54) is 42.6 Å². The van der Waals surface area contributed by atoms with Gasteiger partial charge in [-0.3, -0.25) is 14.3 Å². The van der Waals surface area contributed by atoms with Crippen molar-refractivity contribution < 1.29 is 36.3 Å². The molecule has 32 heavy (non-hydrogen) atoms. The number of anilines is 1. The van der Waals surface area contributed by atoms with Crippen molar-refractivity contribution in [3.8, 4) is 11.1 Å². The van der Waals surface area contributed by atoms with Crippen LogP contribution in [0.4, 0.5) is 18.9 Å². The van der Waals surface area contributed by atoms with Crippen LogP contribution in [-0.2, 0) is 14.8 Å². The Balaban J connectivity index is 1.82. The quantitative estimate of drug-likeness (QED) is 0.461. The predicted octanol–water partition coefficient (Wildman–Crippen LogP) is 2.78. The van der Waals surface area contributed by atoms with Crippen LogP contribution in [0.15, 0.2) is 59.6 Å². The Kier molecular flexibility index (Phi) is 6.44. The van der Waals surface area contributed by atoms with Crippen molar-refractivity contribution in [2.45, 2.75) is 4.90 Å². The molecule has 3 N–H and O–H groups in total. The minimum atomic E-state index is -4.26. The molecule has 1 amide bonds. The number of pyridine rings is 1. The average molecular weight is 465 g/mol. The third-order valence-electron chi connectivity index (χ3n) is 4.15. The number of aliphatic carboxylic acids is 1. The van der Waals surface area contributed by atoms with E-state index in [0.29, 0.717) is 23.3 Å². The molecule has 0 spiro atoms. The van der Waals surface area contributed by atoms with Crippen molar-refractivity contribution in [1.29, 1.82) is 0 Å². The first-order valence-electron chi connectivity index (χ1n) is 8.80. The van der Waals surface area contributed by atoms with E-state index < -0.39 is 57.3 Å². The molecule has 0 radical (unpaired) electrons. The van der Waals surface area contributed by atoms with Crippen LogP contribution in [-0.4, -0.2) is 36.9 Å². The van der Waals surface area contributed by atoms with Crippen molar-refractivity contribution in [3.63, 3.8) is 0 Å². The standard InChI is InChI=1S/C20H14F3N3O5S/c21-15-8-13(9-16(22)19(15)20(29)25-10-18(27)28)26-32(30,31)14-3-1-11(2-4-14)12-5-6-24-17(23)7-12/h1-9,26H,10H2,(H,25,29)(H,27,28). The number of amides is 1. The molecule has 12 heteroatoms. The number of carbonyl (C=O) groups is 2. The Morgan fingerprint density at radius 1 is 0.938 bits per heavy atom. The number of hydrogen-bond acceptors (Lipinski definition) is 5. The van der Waals surface area contributed by atoms with Gasteiger partial charge in [0.1, 0.15) is 23.7 Å². The fraction of sp³-hybridized carbons (Fsp3) is 0.0500. The maximum atomic E-state index is 14.2. The van der Waals surface area contributed by atoms with Crippen LogP contribution in [0.5, 0.6) is 0 Å². The van der Waals surface area contributed by atoms with E-state index in [1.807, 2.05) is 10.0 Å². The van der Waals surface area contributed by atoms with Gasteiger partial charge in [0.2, 0.25) is 5.95 Å². The van der Waals surface area contributed by atoms with Gasteiger partial charge in [0.25, 0.3) is 15.9 Å². The Morgan fingerprint density at radius 3 is 2.12 bits per heavy atom. The summed E-state index contributed by atoms with van der Waals surface area (Å²) in [7, 11) is -4.26. The highest BCUT2D eigenvalue weighted by Crippen LogP contribution is 2.24. The molecule has 2 aromatic carbocycles. The second-order valence-corrected chi connectivity index (χ2v) is 8.07. The van der Waals surface area contributed by atoms with E-state index >= 15 is 0 Å². The molecule has 166 valence electrons. The smallest absolute Gasteiger partial charge is 0.322 e. The van der Waals surface area contributed by atoms with Gasteiger partial charge in [0.05, 0.1) is 10.6 Å². The fourth-order valence-electron chi connectivity index (χ4n) is 2.72. The highest BCUT2D eigenvalue weighted by Gasteiger charge is 2.22. The molecular weight excluding hydrogens is 451 g/mol. The van der Waals surface area contributed by atoms with Crippen molar-refractivity contribution in [2.75, 3.05) is 11.3 Å². The molecule has 0 saturated heterocycles. The van der Waals surface area contributed by atoms with Crippen molar-refractivity contribution in [2.24, 2.45) is 0 Å². The van der Waals surface area contributed by atoms with Crippen LogP contribution in [0.25, 0.3) is 11.1 Å². The van der Waals surface area contributed by atoms with E-state index in [4.69, 9.17) is 5.11 Å². The number of sulfonamides is 1. The molecule has 3 aromatic rings. The van der Waals surface area contributed by atoms with Crippen LogP contribution < -0.4 is 10.0 Å². The summed E-state index contributed by atoms with van der Waals surface area (Å²) < 4.78 is 68.8. The normalized spacial score (nSPS) is 11.1. The molecule has 0 atom stereocenters. The van der Waals surface area contributed by atoms with Crippen LogP contribution in [0.3, 0.4) is 0 Å². The molecule has 1 aromatic heterocycles. The van der Waals surface area contributed by atoms with Crippen molar-refractivity contribution >= 4 is 27.6 Å². The lowest BCUT2D eigenvalue weighted by molar-refractivity contribution is -0.135. The lowest BCUT2D eigenvalue weighted by Gasteiger charge is -2.11. The minimum absolute atomic E-state index is 0.236. The van der Waals surface area contributed by atoms with Gasteiger partial charge in [0, 0.05) is 12.3 Å². The number of carbonyl (C=O) groups excluding carboxylic acids is 1. The number of rotatable bonds is 7. The predicted molar refractivity (Wildman–Crippen MR) is 107 cm³/mol. The number of benzene rings is 2. The maximum absolute atomic E-state index is 14.2. The van der Waals surface area contributed by atoms with E-state index in [0.717, 1.165) is 0 Å². The Labute approximate surface area is 179 Å². The van der Waals surface area contributed by atoms with Gasteiger partial charge in [-0.05, 0) is 41.5 Å². The Morgan fingerprint density at radius 2 is 1.56 bits per heavy atom. The molecule has 0 aliphatic carbocycles. The maximum Gasteiger partial charge on any atom is 0.322 e. The second-order valence-electron chi connectivity index (χ2n) is 6.39. The minimum Gasteiger partial charge on any atom is -0.480 e. The third kappa shape index (κ3) is 5.21. The van der Waals surface area contributed by atoms with Crippen LogP contribution >= 0.6 is 0 Å². The summed E-state index contributed by atoms with van der Waals surface area (Å²) in [4.78, 5) is 25.4. The highest BCUT2D eigenvalue weighted by atomic mass is 32.2. The third-order valence-corrected chi connectivity index (χ3v) is 5.54. The van der Waals surface area contributed by atoms with Crippen LogP contribution in [0.1, 0.15) is 10.4 Å². The molecule has 1 heterocycles. The first-order chi connectivity index (χ1) is 15.1. The largest absolute Gasteiger partial charge is 0.480 e.